The van der Waals surface area contributed by atoms with Gasteiger partial charge in [-0.15, -0.1) is 11.3 Å². The maximum atomic E-state index is 2.40. The summed E-state index contributed by atoms with van der Waals surface area (Å²) in [6.45, 7) is 0. The summed E-state index contributed by atoms with van der Waals surface area (Å²) in [7, 11) is 0. The maximum Gasteiger partial charge on any atom is 0.0547 e. The minimum Gasteiger partial charge on any atom is -0.310 e. The molecule has 0 amide bonds. The monoisotopic (exact) mass is 768 g/mol. The first-order valence-corrected chi connectivity index (χ1v) is 21.0. The third-order valence-electron chi connectivity index (χ3n) is 12.0. The van der Waals surface area contributed by atoms with E-state index in [1.165, 1.54) is 85.8 Å². The Morgan fingerprint density at radius 3 is 1.64 bits per heavy atom. The Hall–Kier alpha value is -7.46. The summed E-state index contributed by atoms with van der Waals surface area (Å²) in [6, 6.07) is 80.0. The van der Waals surface area contributed by atoms with Crippen LogP contribution in [-0.2, 0) is 0 Å². The van der Waals surface area contributed by atoms with Gasteiger partial charge in [-0.2, -0.15) is 0 Å². The van der Waals surface area contributed by atoms with Crippen LogP contribution >= 0.6 is 11.3 Å². The van der Waals surface area contributed by atoms with Crippen molar-refractivity contribution >= 4 is 91.9 Å². The first-order valence-electron chi connectivity index (χ1n) is 20.2. The van der Waals surface area contributed by atoms with Crippen molar-refractivity contribution in [1.29, 1.82) is 0 Å². The van der Waals surface area contributed by atoms with Crippen LogP contribution in [0.1, 0.15) is 0 Å². The Morgan fingerprint density at radius 1 is 0.322 bits per heavy atom. The summed E-state index contributed by atoms with van der Waals surface area (Å²) >= 11 is 1.85. The van der Waals surface area contributed by atoms with E-state index < -0.39 is 0 Å². The predicted molar refractivity (Wildman–Crippen MR) is 254 cm³/mol. The van der Waals surface area contributed by atoms with Crippen LogP contribution in [-0.4, -0.2) is 4.57 Å². The molecule has 0 saturated heterocycles. The summed E-state index contributed by atoms with van der Waals surface area (Å²) in [5.41, 5.74) is 11.8. The third-order valence-corrected chi connectivity index (χ3v) is 13.1. The summed E-state index contributed by atoms with van der Waals surface area (Å²) in [4.78, 5) is 2.39. The van der Waals surface area contributed by atoms with Crippen molar-refractivity contribution in [3.05, 3.63) is 218 Å². The highest BCUT2D eigenvalue weighted by atomic mass is 32.1. The molecular formula is C56H36N2S. The number of aromatic nitrogens is 1. The van der Waals surface area contributed by atoms with Gasteiger partial charge < -0.3 is 9.47 Å². The van der Waals surface area contributed by atoms with Crippen molar-refractivity contribution in [3.8, 4) is 27.9 Å². The van der Waals surface area contributed by atoms with Crippen LogP contribution in [0, 0.1) is 0 Å². The standard InChI is InChI=1S/C56H36N2S/c1-2-12-42-35-54-51(34-41(42)11-1)49-15-5-7-18-53(49)58(54)45-28-22-38(23-29-45)37-20-26-43(27-21-37)57(46-32-33-56-52(36-46)50-16-6-8-19-55(50)59-56)44-30-24-40(25-31-44)48-17-9-13-39-10-3-4-14-47(39)48/h1-36H. The van der Waals surface area contributed by atoms with Gasteiger partial charge in [-0.3, -0.25) is 0 Å². The molecule has 0 spiro atoms. The zero-order valence-electron chi connectivity index (χ0n) is 32.1. The Morgan fingerprint density at radius 2 is 0.881 bits per heavy atom. The number of fused-ring (bicyclic) bond motifs is 8. The zero-order valence-corrected chi connectivity index (χ0v) is 32.9. The molecule has 3 heteroatoms. The number of hydrogen-bond donors (Lipinski definition) is 0. The largest absolute Gasteiger partial charge is 0.310 e. The van der Waals surface area contributed by atoms with Crippen molar-refractivity contribution in [2.45, 2.75) is 0 Å². The molecule has 0 aliphatic rings. The Balaban J connectivity index is 0.927. The molecule has 0 bridgehead atoms. The Bertz CT molecular complexity index is 3530. The molecule has 276 valence electrons. The molecule has 0 atom stereocenters. The molecule has 2 nitrogen and oxygen atoms in total. The summed E-state index contributed by atoms with van der Waals surface area (Å²) in [6.07, 6.45) is 0. The molecule has 0 N–H and O–H groups in total. The fourth-order valence-corrected chi connectivity index (χ4v) is 10.2. The highest BCUT2D eigenvalue weighted by Gasteiger charge is 2.17. The lowest BCUT2D eigenvalue weighted by molar-refractivity contribution is 1.18. The molecule has 0 radical (unpaired) electrons. The number of thiophene rings is 1. The van der Waals surface area contributed by atoms with Crippen molar-refractivity contribution < 1.29 is 0 Å². The molecule has 10 aromatic carbocycles. The molecule has 12 rings (SSSR count). The van der Waals surface area contributed by atoms with Gasteiger partial charge in [-0.1, -0.05) is 140 Å². The molecule has 0 unspecified atom stereocenters. The van der Waals surface area contributed by atoms with E-state index in [1.807, 2.05) is 11.3 Å². The lowest BCUT2D eigenvalue weighted by Gasteiger charge is -2.26. The SMILES string of the molecule is c1ccc2cc3c(cc2c1)c1ccccc1n3-c1ccc(-c2ccc(N(c3ccc(-c4cccc5ccccc45)cc3)c3ccc4sc5ccccc5c4c3)cc2)cc1. The van der Waals surface area contributed by atoms with Crippen molar-refractivity contribution in [3.63, 3.8) is 0 Å². The van der Waals surface area contributed by atoms with Crippen molar-refractivity contribution in [1.82, 2.24) is 4.57 Å². The number of nitrogens with zero attached hydrogens (tertiary/aromatic N) is 2. The van der Waals surface area contributed by atoms with E-state index >= 15 is 0 Å². The third kappa shape index (κ3) is 5.62. The second-order valence-electron chi connectivity index (χ2n) is 15.4. The van der Waals surface area contributed by atoms with Crippen LogP contribution in [0.3, 0.4) is 0 Å². The minimum atomic E-state index is 1.11. The maximum absolute atomic E-state index is 2.40. The molecule has 2 aromatic heterocycles. The first-order chi connectivity index (χ1) is 29.2. The number of anilines is 3. The van der Waals surface area contributed by atoms with Gasteiger partial charge in [0.1, 0.15) is 0 Å². The molecule has 12 aromatic rings. The van der Waals surface area contributed by atoms with Crippen LogP contribution in [0.4, 0.5) is 17.1 Å². The van der Waals surface area contributed by atoms with Gasteiger partial charge in [0.15, 0.2) is 0 Å². The summed E-state index contributed by atoms with van der Waals surface area (Å²) < 4.78 is 5.02. The van der Waals surface area contributed by atoms with E-state index in [4.69, 9.17) is 0 Å². The van der Waals surface area contributed by atoms with Gasteiger partial charge in [0.25, 0.3) is 0 Å². The van der Waals surface area contributed by atoms with Crippen LogP contribution < -0.4 is 4.90 Å². The topological polar surface area (TPSA) is 8.17 Å². The number of para-hydroxylation sites is 1. The van der Waals surface area contributed by atoms with Gasteiger partial charge in [0.05, 0.1) is 11.0 Å². The van der Waals surface area contributed by atoms with E-state index in [1.54, 1.807) is 0 Å². The lowest BCUT2D eigenvalue weighted by atomic mass is 9.98. The first kappa shape index (κ1) is 33.7. The smallest absolute Gasteiger partial charge is 0.0547 e. The lowest BCUT2D eigenvalue weighted by Crippen LogP contribution is -2.09. The van der Waals surface area contributed by atoms with Crippen molar-refractivity contribution in [2.24, 2.45) is 0 Å². The van der Waals surface area contributed by atoms with Gasteiger partial charge in [0.2, 0.25) is 0 Å². The van der Waals surface area contributed by atoms with Crippen LogP contribution in [0.5, 0.6) is 0 Å². The van der Waals surface area contributed by atoms with E-state index in [9.17, 15) is 0 Å². The Labute approximate surface area is 346 Å². The van der Waals surface area contributed by atoms with Gasteiger partial charge in [-0.05, 0) is 123 Å². The molecule has 2 heterocycles. The molecular weight excluding hydrogens is 733 g/mol. The van der Waals surface area contributed by atoms with Crippen molar-refractivity contribution in [2.75, 3.05) is 4.90 Å². The average Bonchev–Trinajstić information content (AvgIpc) is 3.84. The van der Waals surface area contributed by atoms with E-state index in [0.29, 0.717) is 0 Å². The van der Waals surface area contributed by atoms with Crippen LogP contribution in [0.2, 0.25) is 0 Å². The molecule has 0 fully saturated rings. The van der Waals surface area contributed by atoms with Crippen LogP contribution in [0.15, 0.2) is 218 Å². The predicted octanol–water partition coefficient (Wildman–Crippen LogP) is 16.3. The quantitative estimate of drug-likeness (QED) is 0.164. The fraction of sp³-hybridized carbons (Fsp3) is 0. The van der Waals surface area contributed by atoms with E-state index in [0.717, 1.165) is 22.7 Å². The zero-order chi connectivity index (χ0) is 38.9. The summed E-state index contributed by atoms with van der Waals surface area (Å²) in [5, 5.41) is 10.2. The number of rotatable bonds is 6. The normalized spacial score (nSPS) is 11.7. The average molecular weight is 769 g/mol. The molecule has 0 aliphatic heterocycles. The highest BCUT2D eigenvalue weighted by Crippen LogP contribution is 2.42. The molecule has 0 saturated carbocycles. The Kier molecular flexibility index (Phi) is 7.75. The van der Waals surface area contributed by atoms with Gasteiger partial charge in [-0.25, -0.2) is 0 Å². The van der Waals surface area contributed by atoms with E-state index in [2.05, 4.69) is 228 Å². The second-order valence-corrected chi connectivity index (χ2v) is 16.4. The van der Waals surface area contributed by atoms with Crippen LogP contribution in [0.25, 0.3) is 91.5 Å². The molecule has 59 heavy (non-hydrogen) atoms. The van der Waals surface area contributed by atoms with Gasteiger partial charge in [0, 0.05) is 53.7 Å². The van der Waals surface area contributed by atoms with E-state index in [-0.39, 0.29) is 0 Å². The van der Waals surface area contributed by atoms with Gasteiger partial charge >= 0.3 is 0 Å². The molecule has 0 aliphatic carbocycles. The second kappa shape index (κ2) is 13.6. The fourth-order valence-electron chi connectivity index (χ4n) is 9.11. The highest BCUT2D eigenvalue weighted by molar-refractivity contribution is 7.25. The summed E-state index contributed by atoms with van der Waals surface area (Å²) in [5.74, 6) is 0. The number of benzene rings is 10. The number of hydrogen-bond acceptors (Lipinski definition) is 2. The minimum absolute atomic E-state index is 1.11.